The van der Waals surface area contributed by atoms with Crippen molar-refractivity contribution in [2.45, 2.75) is 18.8 Å². The molecule has 2 aromatic rings. The fraction of sp³-hybridized carbons (Fsp3) is 0.316. The van der Waals surface area contributed by atoms with Gasteiger partial charge in [-0.2, -0.15) is 0 Å². The first-order valence-corrected chi connectivity index (χ1v) is 8.56. The lowest BCUT2D eigenvalue weighted by Crippen LogP contribution is -2.42. The molecular weight excluding hydrogens is 392 g/mol. The van der Waals surface area contributed by atoms with Crippen molar-refractivity contribution in [3.63, 3.8) is 0 Å². The molecule has 0 saturated heterocycles. The molecule has 3 rings (SSSR count). The van der Waals surface area contributed by atoms with E-state index in [0.29, 0.717) is 16.5 Å². The number of nitrogens with zero attached hydrogens (tertiary/aromatic N) is 1. The van der Waals surface area contributed by atoms with Crippen molar-refractivity contribution in [3.05, 3.63) is 47.5 Å². The van der Waals surface area contributed by atoms with Crippen molar-refractivity contribution < 1.29 is 23.2 Å². The van der Waals surface area contributed by atoms with Crippen LogP contribution in [0, 0.1) is 0 Å². The standard InChI is InChI=1S/C19H19F2N3O3.ClH/c20-19(21,10-22)11-23-15(25)8-3-9-24-17(26)13-6-1-4-12-5-2-7-14(16(12)13)18(24)27;/h1-2,4-7H,3,8-11,22H2,(H,23,25);1H. The third kappa shape index (κ3) is 4.28. The van der Waals surface area contributed by atoms with Gasteiger partial charge in [-0.1, -0.05) is 24.3 Å². The predicted octanol–water partition coefficient (Wildman–Crippen LogP) is 2.35. The molecule has 0 spiro atoms. The van der Waals surface area contributed by atoms with E-state index >= 15 is 0 Å². The number of hydrogen-bond donors (Lipinski definition) is 2. The number of carbonyl (C=O) groups excluding carboxylic acids is 3. The molecule has 0 radical (unpaired) electrons. The maximum atomic E-state index is 13.0. The summed E-state index contributed by atoms with van der Waals surface area (Å²) in [4.78, 5) is 38.1. The second kappa shape index (κ2) is 8.62. The molecule has 0 bridgehead atoms. The van der Waals surface area contributed by atoms with E-state index in [1.165, 1.54) is 0 Å². The maximum Gasteiger partial charge on any atom is 0.277 e. The van der Waals surface area contributed by atoms with Gasteiger partial charge in [0.05, 0.1) is 13.1 Å². The average molecular weight is 412 g/mol. The van der Waals surface area contributed by atoms with Gasteiger partial charge < -0.3 is 11.1 Å². The van der Waals surface area contributed by atoms with Gasteiger partial charge in [-0.25, -0.2) is 8.78 Å². The number of rotatable bonds is 7. The molecule has 1 heterocycles. The minimum atomic E-state index is -3.16. The fourth-order valence-electron chi connectivity index (χ4n) is 3.07. The summed E-state index contributed by atoms with van der Waals surface area (Å²) in [5.41, 5.74) is 5.79. The van der Waals surface area contributed by atoms with E-state index in [4.69, 9.17) is 5.73 Å². The highest BCUT2D eigenvalue weighted by Gasteiger charge is 2.32. The van der Waals surface area contributed by atoms with Crippen LogP contribution in [-0.4, -0.2) is 48.2 Å². The zero-order valence-electron chi connectivity index (χ0n) is 14.9. The molecule has 1 aliphatic rings. The third-order valence-corrected chi connectivity index (χ3v) is 4.48. The van der Waals surface area contributed by atoms with Crippen LogP contribution in [0.25, 0.3) is 10.8 Å². The molecule has 1 aliphatic heterocycles. The second-order valence-corrected chi connectivity index (χ2v) is 6.41. The van der Waals surface area contributed by atoms with Crippen LogP contribution in [0.15, 0.2) is 36.4 Å². The lowest BCUT2D eigenvalue weighted by molar-refractivity contribution is -0.123. The van der Waals surface area contributed by atoms with Crippen molar-refractivity contribution in [2.24, 2.45) is 5.73 Å². The first-order chi connectivity index (χ1) is 12.8. The highest BCUT2D eigenvalue weighted by molar-refractivity contribution is 6.25. The zero-order chi connectivity index (χ0) is 19.6. The molecule has 0 saturated carbocycles. The molecule has 0 unspecified atom stereocenters. The van der Waals surface area contributed by atoms with Crippen molar-refractivity contribution in [1.82, 2.24) is 10.2 Å². The van der Waals surface area contributed by atoms with Crippen molar-refractivity contribution in [2.75, 3.05) is 19.6 Å². The second-order valence-electron chi connectivity index (χ2n) is 6.41. The van der Waals surface area contributed by atoms with Crippen LogP contribution >= 0.6 is 12.4 Å². The molecule has 0 atom stereocenters. The van der Waals surface area contributed by atoms with Gasteiger partial charge in [0.25, 0.3) is 17.7 Å². The number of imide groups is 1. The van der Waals surface area contributed by atoms with Gasteiger partial charge in [0.1, 0.15) is 0 Å². The largest absolute Gasteiger partial charge is 0.350 e. The summed E-state index contributed by atoms with van der Waals surface area (Å²) in [5.74, 6) is -4.57. The number of alkyl halides is 2. The van der Waals surface area contributed by atoms with Crippen molar-refractivity contribution >= 4 is 40.9 Å². The Balaban J connectivity index is 0.00000280. The topological polar surface area (TPSA) is 92.5 Å². The number of nitrogens with one attached hydrogen (secondary N) is 1. The van der Waals surface area contributed by atoms with Crippen LogP contribution in [-0.2, 0) is 4.79 Å². The maximum absolute atomic E-state index is 13.0. The van der Waals surface area contributed by atoms with Crippen LogP contribution < -0.4 is 11.1 Å². The Kier molecular flexibility index (Phi) is 6.69. The molecule has 9 heteroatoms. The Hall–Kier alpha value is -2.58. The number of carbonyl (C=O) groups is 3. The molecule has 150 valence electrons. The number of nitrogens with two attached hydrogens (primary N) is 1. The summed E-state index contributed by atoms with van der Waals surface area (Å²) in [6.07, 6.45) is 0.0964. The first-order valence-electron chi connectivity index (χ1n) is 8.56. The smallest absolute Gasteiger partial charge is 0.277 e. The van der Waals surface area contributed by atoms with E-state index in [2.05, 4.69) is 5.32 Å². The lowest BCUT2D eigenvalue weighted by atomic mass is 9.94. The number of hydrogen-bond acceptors (Lipinski definition) is 4. The minimum Gasteiger partial charge on any atom is -0.350 e. The highest BCUT2D eigenvalue weighted by Crippen LogP contribution is 2.30. The zero-order valence-corrected chi connectivity index (χ0v) is 15.7. The minimum absolute atomic E-state index is 0. The summed E-state index contributed by atoms with van der Waals surface area (Å²) in [7, 11) is 0. The number of amides is 3. The Morgan fingerprint density at radius 3 is 2.18 bits per heavy atom. The van der Waals surface area contributed by atoms with Crippen LogP contribution in [0.1, 0.15) is 33.6 Å². The quantitative estimate of drug-likeness (QED) is 0.684. The average Bonchev–Trinajstić information content (AvgIpc) is 2.67. The van der Waals surface area contributed by atoms with Crippen LogP contribution in [0.4, 0.5) is 8.78 Å². The Morgan fingerprint density at radius 1 is 1.07 bits per heavy atom. The summed E-state index contributed by atoms with van der Waals surface area (Å²) in [6, 6.07) is 10.5. The number of benzene rings is 2. The van der Waals surface area contributed by atoms with Crippen LogP contribution in [0.5, 0.6) is 0 Å². The van der Waals surface area contributed by atoms with Gasteiger partial charge in [0.15, 0.2) is 0 Å². The van der Waals surface area contributed by atoms with E-state index in [9.17, 15) is 23.2 Å². The Bertz CT molecular complexity index is 870. The molecule has 0 aliphatic carbocycles. The van der Waals surface area contributed by atoms with Crippen molar-refractivity contribution in [3.8, 4) is 0 Å². The van der Waals surface area contributed by atoms with E-state index in [0.717, 1.165) is 10.3 Å². The molecule has 6 nitrogen and oxygen atoms in total. The van der Waals surface area contributed by atoms with Gasteiger partial charge in [-0.15, -0.1) is 12.4 Å². The Morgan fingerprint density at radius 2 is 1.64 bits per heavy atom. The molecule has 0 aromatic heterocycles. The summed E-state index contributed by atoms with van der Waals surface area (Å²) >= 11 is 0. The third-order valence-electron chi connectivity index (χ3n) is 4.48. The van der Waals surface area contributed by atoms with Crippen LogP contribution in [0.3, 0.4) is 0 Å². The van der Waals surface area contributed by atoms with E-state index in [1.807, 2.05) is 12.1 Å². The van der Waals surface area contributed by atoms with Gasteiger partial charge in [-0.05, 0) is 23.9 Å². The summed E-state index contributed by atoms with van der Waals surface area (Å²) in [6.45, 7) is -1.66. The van der Waals surface area contributed by atoms with Gasteiger partial charge in [0.2, 0.25) is 5.91 Å². The molecule has 0 fully saturated rings. The van der Waals surface area contributed by atoms with Crippen LogP contribution in [0.2, 0.25) is 0 Å². The van der Waals surface area contributed by atoms with Gasteiger partial charge in [-0.3, -0.25) is 19.3 Å². The molecule has 28 heavy (non-hydrogen) atoms. The van der Waals surface area contributed by atoms with E-state index < -0.39 is 36.7 Å². The molecule has 3 amide bonds. The normalized spacial score (nSPS) is 13.5. The Labute approximate surface area is 166 Å². The van der Waals surface area contributed by atoms with Crippen molar-refractivity contribution in [1.29, 1.82) is 0 Å². The predicted molar refractivity (Wildman–Crippen MR) is 103 cm³/mol. The first kappa shape index (κ1) is 21.7. The lowest BCUT2D eigenvalue weighted by Gasteiger charge is -2.27. The SMILES string of the molecule is Cl.NCC(F)(F)CNC(=O)CCCN1C(=O)c2cccc3cccc(c23)C1=O. The number of halogens is 3. The van der Waals surface area contributed by atoms with Gasteiger partial charge >= 0.3 is 0 Å². The van der Waals surface area contributed by atoms with Gasteiger partial charge in [0, 0.05) is 29.5 Å². The van der Waals surface area contributed by atoms with E-state index in [-0.39, 0.29) is 31.8 Å². The van der Waals surface area contributed by atoms with E-state index in [1.54, 1.807) is 24.3 Å². The molecular formula is C19H20ClF2N3O3. The highest BCUT2D eigenvalue weighted by atomic mass is 35.5. The fourth-order valence-corrected chi connectivity index (χ4v) is 3.07. The monoisotopic (exact) mass is 411 g/mol. The summed E-state index contributed by atoms with van der Waals surface area (Å²) < 4.78 is 26.1. The molecule has 2 aromatic carbocycles. The summed E-state index contributed by atoms with van der Waals surface area (Å²) in [5, 5.41) is 3.55. The molecule has 3 N–H and O–H groups in total.